The molecule has 0 aliphatic heterocycles. The molecular weight excluding hydrogens is 263 g/mol. The molecule has 1 nitrogen and oxygen atoms in total. The SMILES string of the molecule is CCCCCCCCC(N)c1ccccc1C(F)(F)F. The van der Waals surface area contributed by atoms with Crippen molar-refractivity contribution in [1.82, 2.24) is 0 Å². The predicted molar refractivity (Wildman–Crippen MR) is 76.4 cm³/mol. The molecule has 0 spiro atoms. The maximum Gasteiger partial charge on any atom is 0.416 e. The number of hydrogen-bond acceptors (Lipinski definition) is 1. The lowest BCUT2D eigenvalue weighted by Crippen LogP contribution is -2.17. The Hall–Kier alpha value is -1.03. The van der Waals surface area contributed by atoms with E-state index in [0.29, 0.717) is 6.42 Å². The van der Waals surface area contributed by atoms with Crippen molar-refractivity contribution >= 4 is 0 Å². The highest BCUT2D eigenvalue weighted by molar-refractivity contribution is 5.32. The van der Waals surface area contributed by atoms with Crippen molar-refractivity contribution in [1.29, 1.82) is 0 Å². The van der Waals surface area contributed by atoms with Gasteiger partial charge in [0, 0.05) is 6.04 Å². The molecule has 0 bridgehead atoms. The molecule has 1 aromatic rings. The van der Waals surface area contributed by atoms with Crippen molar-refractivity contribution in [3.63, 3.8) is 0 Å². The van der Waals surface area contributed by atoms with Gasteiger partial charge in [-0.3, -0.25) is 0 Å². The normalized spacial score (nSPS) is 13.4. The van der Waals surface area contributed by atoms with Crippen LogP contribution in [0, 0.1) is 0 Å². The van der Waals surface area contributed by atoms with Gasteiger partial charge in [-0.15, -0.1) is 0 Å². The number of benzene rings is 1. The van der Waals surface area contributed by atoms with Crippen molar-refractivity contribution in [2.75, 3.05) is 0 Å². The van der Waals surface area contributed by atoms with E-state index in [1.54, 1.807) is 6.07 Å². The summed E-state index contributed by atoms with van der Waals surface area (Å²) >= 11 is 0. The molecule has 20 heavy (non-hydrogen) atoms. The largest absolute Gasteiger partial charge is 0.416 e. The quantitative estimate of drug-likeness (QED) is 0.632. The summed E-state index contributed by atoms with van der Waals surface area (Å²) in [5.41, 5.74) is 5.55. The van der Waals surface area contributed by atoms with E-state index < -0.39 is 17.8 Å². The monoisotopic (exact) mass is 287 g/mol. The van der Waals surface area contributed by atoms with Gasteiger partial charge >= 0.3 is 6.18 Å². The number of nitrogens with two attached hydrogens (primary N) is 1. The summed E-state index contributed by atoms with van der Waals surface area (Å²) in [4.78, 5) is 0. The molecule has 1 aromatic carbocycles. The minimum atomic E-state index is -4.32. The predicted octanol–water partition coefficient (Wildman–Crippen LogP) is 5.46. The van der Waals surface area contributed by atoms with Crippen LogP contribution in [-0.2, 0) is 6.18 Å². The van der Waals surface area contributed by atoms with Gasteiger partial charge in [-0.25, -0.2) is 0 Å². The molecule has 0 saturated heterocycles. The molecule has 2 N–H and O–H groups in total. The second-order valence-electron chi connectivity index (χ2n) is 5.25. The molecule has 0 amide bonds. The van der Waals surface area contributed by atoms with Gasteiger partial charge in [-0.2, -0.15) is 13.2 Å². The van der Waals surface area contributed by atoms with Crippen LogP contribution >= 0.6 is 0 Å². The van der Waals surface area contributed by atoms with Crippen molar-refractivity contribution in [2.24, 2.45) is 5.73 Å². The average molecular weight is 287 g/mol. The minimum absolute atomic E-state index is 0.216. The fourth-order valence-electron chi connectivity index (χ4n) is 2.38. The molecule has 0 heterocycles. The average Bonchev–Trinajstić information content (AvgIpc) is 2.41. The minimum Gasteiger partial charge on any atom is -0.324 e. The van der Waals surface area contributed by atoms with E-state index in [-0.39, 0.29) is 5.56 Å². The van der Waals surface area contributed by atoms with Crippen LogP contribution in [0.5, 0.6) is 0 Å². The Balaban J connectivity index is 2.49. The zero-order chi connectivity index (χ0) is 15.0. The van der Waals surface area contributed by atoms with Crippen LogP contribution in [0.2, 0.25) is 0 Å². The first kappa shape index (κ1) is 17.0. The number of unbranched alkanes of at least 4 members (excludes halogenated alkanes) is 5. The molecule has 0 aliphatic carbocycles. The lowest BCUT2D eigenvalue weighted by Gasteiger charge is -2.18. The molecule has 1 atom stereocenters. The maximum atomic E-state index is 12.9. The number of hydrogen-bond donors (Lipinski definition) is 1. The highest BCUT2D eigenvalue weighted by atomic mass is 19.4. The van der Waals surface area contributed by atoms with E-state index in [1.807, 2.05) is 0 Å². The summed E-state index contributed by atoms with van der Waals surface area (Å²) in [5, 5.41) is 0. The fourth-order valence-corrected chi connectivity index (χ4v) is 2.38. The van der Waals surface area contributed by atoms with Crippen LogP contribution in [0.15, 0.2) is 24.3 Å². The van der Waals surface area contributed by atoms with Gasteiger partial charge in [-0.1, -0.05) is 63.6 Å². The lowest BCUT2D eigenvalue weighted by molar-refractivity contribution is -0.138. The van der Waals surface area contributed by atoms with Crippen molar-refractivity contribution < 1.29 is 13.2 Å². The first-order valence-electron chi connectivity index (χ1n) is 7.38. The van der Waals surface area contributed by atoms with Crippen LogP contribution in [0.1, 0.15) is 69.0 Å². The number of rotatable bonds is 8. The van der Waals surface area contributed by atoms with Gasteiger partial charge in [0.05, 0.1) is 5.56 Å². The van der Waals surface area contributed by atoms with Gasteiger partial charge in [0.1, 0.15) is 0 Å². The number of alkyl halides is 3. The molecular formula is C16H24F3N. The van der Waals surface area contributed by atoms with Crippen LogP contribution in [0.3, 0.4) is 0 Å². The van der Waals surface area contributed by atoms with Crippen molar-refractivity contribution in [3.05, 3.63) is 35.4 Å². The smallest absolute Gasteiger partial charge is 0.324 e. The zero-order valence-electron chi connectivity index (χ0n) is 12.0. The van der Waals surface area contributed by atoms with Gasteiger partial charge in [-0.05, 0) is 18.1 Å². The Bertz CT molecular complexity index is 388. The molecule has 114 valence electrons. The Kier molecular flexibility index (Phi) is 7.06. The fraction of sp³-hybridized carbons (Fsp3) is 0.625. The molecule has 0 saturated carbocycles. The second kappa shape index (κ2) is 8.30. The first-order chi connectivity index (χ1) is 9.46. The van der Waals surface area contributed by atoms with E-state index >= 15 is 0 Å². The van der Waals surface area contributed by atoms with Crippen molar-refractivity contribution in [3.8, 4) is 0 Å². The van der Waals surface area contributed by atoms with Gasteiger partial charge < -0.3 is 5.73 Å². The highest BCUT2D eigenvalue weighted by Crippen LogP contribution is 2.35. The highest BCUT2D eigenvalue weighted by Gasteiger charge is 2.34. The molecule has 0 fully saturated rings. The zero-order valence-corrected chi connectivity index (χ0v) is 12.0. The van der Waals surface area contributed by atoms with Crippen LogP contribution in [-0.4, -0.2) is 0 Å². The first-order valence-corrected chi connectivity index (χ1v) is 7.38. The third-order valence-corrected chi connectivity index (χ3v) is 3.53. The molecule has 0 radical (unpaired) electrons. The number of halogens is 3. The summed E-state index contributed by atoms with van der Waals surface area (Å²) in [6.07, 6.45) is 2.97. The summed E-state index contributed by atoms with van der Waals surface area (Å²) in [6.45, 7) is 2.16. The topological polar surface area (TPSA) is 26.0 Å². The van der Waals surface area contributed by atoms with E-state index in [9.17, 15) is 13.2 Å². The maximum absolute atomic E-state index is 12.9. The molecule has 1 unspecified atom stereocenters. The summed E-state index contributed by atoms with van der Waals surface area (Å²) in [5.74, 6) is 0. The van der Waals surface area contributed by atoms with Gasteiger partial charge in [0.25, 0.3) is 0 Å². The van der Waals surface area contributed by atoms with E-state index in [1.165, 1.54) is 31.4 Å². The Morgan fingerprint density at radius 3 is 2.25 bits per heavy atom. The van der Waals surface area contributed by atoms with Crippen LogP contribution in [0.25, 0.3) is 0 Å². The van der Waals surface area contributed by atoms with Gasteiger partial charge in [0.15, 0.2) is 0 Å². The molecule has 1 rings (SSSR count). The second-order valence-corrected chi connectivity index (χ2v) is 5.25. The van der Waals surface area contributed by atoms with E-state index in [0.717, 1.165) is 25.3 Å². The standard InChI is InChI=1S/C16H24F3N/c1-2-3-4-5-6-7-12-15(20)13-10-8-9-11-14(13)16(17,18)19/h8-11,15H,2-7,12,20H2,1H3. The van der Waals surface area contributed by atoms with Crippen LogP contribution in [0.4, 0.5) is 13.2 Å². The Labute approximate surface area is 119 Å². The summed E-state index contributed by atoms with van der Waals surface area (Å²) < 4.78 is 38.6. The Morgan fingerprint density at radius 2 is 1.60 bits per heavy atom. The third-order valence-electron chi connectivity index (χ3n) is 3.53. The Morgan fingerprint density at radius 1 is 1.00 bits per heavy atom. The summed E-state index contributed by atoms with van der Waals surface area (Å²) in [6, 6.07) is 5.09. The lowest BCUT2D eigenvalue weighted by atomic mass is 9.96. The third kappa shape index (κ3) is 5.53. The summed E-state index contributed by atoms with van der Waals surface area (Å²) in [7, 11) is 0. The molecule has 0 aliphatic rings. The van der Waals surface area contributed by atoms with E-state index in [4.69, 9.17) is 5.73 Å². The van der Waals surface area contributed by atoms with Crippen molar-refractivity contribution in [2.45, 2.75) is 64.1 Å². The van der Waals surface area contributed by atoms with Gasteiger partial charge in [0.2, 0.25) is 0 Å². The van der Waals surface area contributed by atoms with Crippen LogP contribution < -0.4 is 5.73 Å². The molecule has 0 aromatic heterocycles. The molecule has 4 heteroatoms. The van der Waals surface area contributed by atoms with E-state index in [2.05, 4.69) is 6.92 Å².